The van der Waals surface area contributed by atoms with Crippen molar-refractivity contribution in [2.45, 2.75) is 44.6 Å². The van der Waals surface area contributed by atoms with E-state index in [0.29, 0.717) is 0 Å². The number of alkyl halides is 1. The van der Waals surface area contributed by atoms with Gasteiger partial charge in [-0.2, -0.15) is 0 Å². The smallest absolute Gasteiger partial charge is 0.0406 e. The van der Waals surface area contributed by atoms with Crippen LogP contribution in [0.1, 0.15) is 39.0 Å². The van der Waals surface area contributed by atoms with Crippen molar-refractivity contribution in [1.29, 1.82) is 0 Å². The molecular formula is C11H20ClN. The van der Waals surface area contributed by atoms with Gasteiger partial charge in [-0.3, -0.25) is 0 Å². The van der Waals surface area contributed by atoms with E-state index in [1.807, 2.05) is 0 Å². The first-order valence-corrected chi connectivity index (χ1v) is 5.78. The van der Waals surface area contributed by atoms with Gasteiger partial charge in [-0.15, -0.1) is 11.6 Å². The van der Waals surface area contributed by atoms with Crippen LogP contribution in [0.5, 0.6) is 0 Å². The molecule has 0 aromatic rings. The fourth-order valence-electron chi connectivity index (χ4n) is 1.98. The van der Waals surface area contributed by atoms with Crippen LogP contribution in [-0.4, -0.2) is 18.0 Å². The molecule has 0 saturated heterocycles. The molecule has 0 amide bonds. The maximum atomic E-state index is 6.03. The summed E-state index contributed by atoms with van der Waals surface area (Å²) in [5.41, 5.74) is 0.235. The number of rotatable bonds is 4. The number of allylic oxidation sites excluding steroid dienone is 1. The summed E-state index contributed by atoms with van der Waals surface area (Å²) in [7, 11) is 0. The second-order valence-corrected chi connectivity index (χ2v) is 4.19. The number of halogens is 1. The zero-order valence-corrected chi connectivity index (χ0v) is 9.24. The average Bonchev–Trinajstić information content (AvgIpc) is 2.20. The van der Waals surface area contributed by atoms with E-state index in [9.17, 15) is 0 Å². The van der Waals surface area contributed by atoms with Crippen molar-refractivity contribution in [3.05, 3.63) is 12.2 Å². The first-order chi connectivity index (χ1) is 6.33. The third kappa shape index (κ3) is 3.32. The van der Waals surface area contributed by atoms with Crippen molar-refractivity contribution in [3.63, 3.8) is 0 Å². The molecule has 0 aromatic carbocycles. The Bertz CT molecular complexity index is 159. The summed E-state index contributed by atoms with van der Waals surface area (Å²) in [4.78, 5) is 0. The van der Waals surface area contributed by atoms with Gasteiger partial charge >= 0.3 is 0 Å². The molecule has 1 fully saturated rings. The second-order valence-electron chi connectivity index (χ2n) is 3.92. The third-order valence-corrected chi connectivity index (χ3v) is 3.41. The van der Waals surface area contributed by atoms with E-state index in [1.165, 1.54) is 32.1 Å². The van der Waals surface area contributed by atoms with E-state index in [2.05, 4.69) is 24.4 Å². The first kappa shape index (κ1) is 11.1. The molecule has 0 aliphatic heterocycles. The maximum absolute atomic E-state index is 6.03. The van der Waals surface area contributed by atoms with E-state index in [-0.39, 0.29) is 5.54 Å². The van der Waals surface area contributed by atoms with Crippen LogP contribution in [0.25, 0.3) is 0 Å². The van der Waals surface area contributed by atoms with Crippen molar-refractivity contribution in [2.24, 2.45) is 0 Å². The topological polar surface area (TPSA) is 12.0 Å². The number of hydrogen-bond acceptors (Lipinski definition) is 1. The van der Waals surface area contributed by atoms with Crippen molar-refractivity contribution >= 4 is 11.6 Å². The molecule has 0 atom stereocenters. The van der Waals surface area contributed by atoms with Gasteiger partial charge in [-0.1, -0.05) is 31.4 Å². The molecule has 76 valence electrons. The van der Waals surface area contributed by atoms with Crippen LogP contribution in [0.15, 0.2) is 12.2 Å². The summed E-state index contributed by atoms with van der Waals surface area (Å²) >= 11 is 6.03. The van der Waals surface area contributed by atoms with Gasteiger partial charge in [0.25, 0.3) is 0 Å². The van der Waals surface area contributed by atoms with Crippen LogP contribution in [0.2, 0.25) is 0 Å². The van der Waals surface area contributed by atoms with Gasteiger partial charge in [-0.25, -0.2) is 0 Å². The van der Waals surface area contributed by atoms with Gasteiger partial charge < -0.3 is 5.32 Å². The van der Waals surface area contributed by atoms with Crippen molar-refractivity contribution in [3.8, 4) is 0 Å². The van der Waals surface area contributed by atoms with Crippen LogP contribution in [0, 0.1) is 0 Å². The van der Waals surface area contributed by atoms with Crippen molar-refractivity contribution in [1.82, 2.24) is 5.32 Å². The zero-order chi connectivity index (χ0) is 9.57. The van der Waals surface area contributed by atoms with Gasteiger partial charge in [0.2, 0.25) is 0 Å². The standard InChI is InChI=1S/C11H20ClN/c1-2-3-9-13-11(10-12)7-5-4-6-8-11/h2-3,13H,4-10H2,1H3/b3-2+. The summed E-state index contributed by atoms with van der Waals surface area (Å²) in [5.74, 6) is 0.755. The van der Waals surface area contributed by atoms with Crippen LogP contribution in [0.4, 0.5) is 0 Å². The fourth-order valence-corrected chi connectivity index (χ4v) is 2.34. The van der Waals surface area contributed by atoms with Crippen molar-refractivity contribution in [2.75, 3.05) is 12.4 Å². The molecule has 13 heavy (non-hydrogen) atoms. The summed E-state index contributed by atoms with van der Waals surface area (Å²) in [6.07, 6.45) is 10.8. The Morgan fingerprint density at radius 1 is 1.31 bits per heavy atom. The highest BCUT2D eigenvalue weighted by atomic mass is 35.5. The van der Waals surface area contributed by atoms with E-state index in [1.54, 1.807) is 0 Å². The van der Waals surface area contributed by atoms with E-state index in [0.717, 1.165) is 12.4 Å². The predicted molar refractivity (Wildman–Crippen MR) is 59.4 cm³/mol. The third-order valence-electron chi connectivity index (χ3n) is 2.90. The SMILES string of the molecule is C/C=C/CNC1(CCl)CCCCC1. The summed E-state index contributed by atoms with van der Waals surface area (Å²) < 4.78 is 0. The highest BCUT2D eigenvalue weighted by Crippen LogP contribution is 2.28. The largest absolute Gasteiger partial charge is 0.307 e. The predicted octanol–water partition coefficient (Wildman–Crippen LogP) is 3.09. The number of nitrogens with one attached hydrogen (secondary N) is 1. The summed E-state index contributed by atoms with van der Waals surface area (Å²) in [6, 6.07) is 0. The normalized spacial score (nSPS) is 22.3. The molecule has 1 saturated carbocycles. The highest BCUT2D eigenvalue weighted by Gasteiger charge is 2.29. The molecule has 1 aliphatic carbocycles. The Morgan fingerprint density at radius 2 is 2.00 bits per heavy atom. The Labute approximate surface area is 86.5 Å². The second kappa shape index (κ2) is 5.66. The van der Waals surface area contributed by atoms with Gasteiger partial charge in [0, 0.05) is 18.0 Å². The quantitative estimate of drug-likeness (QED) is 0.545. The van der Waals surface area contributed by atoms with Crippen molar-refractivity contribution < 1.29 is 0 Å². The minimum Gasteiger partial charge on any atom is -0.307 e. The Kier molecular flexibility index (Phi) is 4.82. The van der Waals surface area contributed by atoms with E-state index in [4.69, 9.17) is 11.6 Å². The Morgan fingerprint density at radius 3 is 2.54 bits per heavy atom. The molecule has 1 rings (SSSR count). The lowest BCUT2D eigenvalue weighted by atomic mass is 9.83. The van der Waals surface area contributed by atoms with Crippen LogP contribution in [-0.2, 0) is 0 Å². The summed E-state index contributed by atoms with van der Waals surface area (Å²) in [6.45, 7) is 3.01. The molecule has 0 spiro atoms. The lowest BCUT2D eigenvalue weighted by molar-refractivity contribution is 0.267. The van der Waals surface area contributed by atoms with Crippen LogP contribution in [0.3, 0.4) is 0 Å². The molecular weight excluding hydrogens is 182 g/mol. The number of hydrogen-bond donors (Lipinski definition) is 1. The van der Waals surface area contributed by atoms with Gasteiger partial charge in [0.05, 0.1) is 0 Å². The molecule has 1 N–H and O–H groups in total. The molecule has 0 bridgehead atoms. The Hall–Kier alpha value is -0.0100. The minimum absolute atomic E-state index is 0.235. The lowest BCUT2D eigenvalue weighted by Crippen LogP contribution is -2.48. The monoisotopic (exact) mass is 201 g/mol. The van der Waals surface area contributed by atoms with Gasteiger partial charge in [-0.05, 0) is 19.8 Å². The Balaban J connectivity index is 2.38. The van der Waals surface area contributed by atoms with E-state index < -0.39 is 0 Å². The molecule has 0 unspecified atom stereocenters. The molecule has 0 aromatic heterocycles. The molecule has 0 radical (unpaired) electrons. The summed E-state index contributed by atoms with van der Waals surface area (Å²) in [5, 5.41) is 3.57. The molecule has 0 heterocycles. The van der Waals surface area contributed by atoms with Gasteiger partial charge in [0.15, 0.2) is 0 Å². The molecule has 1 nitrogen and oxygen atoms in total. The molecule has 2 heteroatoms. The fraction of sp³-hybridized carbons (Fsp3) is 0.818. The average molecular weight is 202 g/mol. The molecule has 1 aliphatic rings. The van der Waals surface area contributed by atoms with Crippen LogP contribution >= 0.6 is 11.6 Å². The first-order valence-electron chi connectivity index (χ1n) is 5.25. The highest BCUT2D eigenvalue weighted by molar-refractivity contribution is 6.18. The van der Waals surface area contributed by atoms with Crippen LogP contribution < -0.4 is 5.32 Å². The minimum atomic E-state index is 0.235. The zero-order valence-electron chi connectivity index (χ0n) is 8.48. The lowest BCUT2D eigenvalue weighted by Gasteiger charge is -2.36. The van der Waals surface area contributed by atoms with Gasteiger partial charge in [0.1, 0.15) is 0 Å². The van der Waals surface area contributed by atoms with E-state index >= 15 is 0 Å². The maximum Gasteiger partial charge on any atom is 0.0406 e.